The van der Waals surface area contributed by atoms with E-state index >= 15 is 0 Å². The minimum absolute atomic E-state index is 0.0419. The van der Waals surface area contributed by atoms with Gasteiger partial charge in [0.1, 0.15) is 5.70 Å². The molecule has 4 aromatic carbocycles. The normalized spacial score (nSPS) is 11.2. The highest BCUT2D eigenvalue weighted by molar-refractivity contribution is 9.10. The Hall–Kier alpha value is -4.93. The Balaban J connectivity index is 1.54. The van der Waals surface area contributed by atoms with Crippen molar-refractivity contribution in [2.24, 2.45) is 5.10 Å². The van der Waals surface area contributed by atoms with Gasteiger partial charge in [-0.1, -0.05) is 53.6 Å². The Kier molecular flexibility index (Phi) is 12.3. The molecule has 4 rings (SSSR count). The Labute approximate surface area is 287 Å². The fourth-order valence-electron chi connectivity index (χ4n) is 4.51. The van der Waals surface area contributed by atoms with E-state index in [-0.39, 0.29) is 27.8 Å². The topological polar surface area (TPSA) is 109 Å². The second-order valence-corrected chi connectivity index (χ2v) is 11.5. The first-order valence-electron chi connectivity index (χ1n) is 14.8. The number of aryl methyl sites for hydroxylation is 1. The molecular formula is C36H34BrClN4O5. The molecule has 0 aliphatic heterocycles. The van der Waals surface area contributed by atoms with Crippen molar-refractivity contribution >= 4 is 63.3 Å². The van der Waals surface area contributed by atoms with Crippen LogP contribution in [0.3, 0.4) is 0 Å². The van der Waals surface area contributed by atoms with Crippen LogP contribution in [0, 0.1) is 6.92 Å². The Morgan fingerprint density at radius 2 is 1.62 bits per heavy atom. The van der Waals surface area contributed by atoms with Crippen LogP contribution in [0.1, 0.15) is 51.3 Å². The predicted molar refractivity (Wildman–Crippen MR) is 189 cm³/mol. The van der Waals surface area contributed by atoms with E-state index in [1.165, 1.54) is 13.3 Å². The van der Waals surface area contributed by atoms with E-state index in [1.54, 1.807) is 54.6 Å². The van der Waals surface area contributed by atoms with Crippen molar-refractivity contribution in [2.75, 3.05) is 25.1 Å². The van der Waals surface area contributed by atoms with E-state index in [2.05, 4.69) is 50.5 Å². The summed E-state index contributed by atoms with van der Waals surface area (Å²) in [5.41, 5.74) is 6.32. The van der Waals surface area contributed by atoms with E-state index in [0.29, 0.717) is 21.2 Å². The third-order valence-electron chi connectivity index (χ3n) is 7.06. The number of rotatable bonds is 12. The fourth-order valence-corrected chi connectivity index (χ4v) is 5.27. The van der Waals surface area contributed by atoms with Crippen LogP contribution in [0.2, 0.25) is 5.02 Å². The van der Waals surface area contributed by atoms with Gasteiger partial charge in [-0.25, -0.2) is 10.2 Å². The van der Waals surface area contributed by atoms with Crippen molar-refractivity contribution in [3.05, 3.63) is 128 Å². The molecule has 0 bridgehead atoms. The average molecular weight is 718 g/mol. The van der Waals surface area contributed by atoms with Crippen molar-refractivity contribution < 1.29 is 23.9 Å². The SMILES string of the molecule is CCN(CC)c1ccc(/C=C(/NC(=O)c2ccccc2Cl)C(=O)N/N=C/c2cc(Br)c(OC(=O)c3ccc(C)cc3)c(OC)c2)cc1. The summed E-state index contributed by atoms with van der Waals surface area (Å²) < 4.78 is 11.5. The van der Waals surface area contributed by atoms with Gasteiger partial charge in [-0.3, -0.25) is 9.59 Å². The number of carbonyl (C=O) groups excluding carboxylic acids is 3. The van der Waals surface area contributed by atoms with Crippen molar-refractivity contribution in [3.63, 3.8) is 0 Å². The van der Waals surface area contributed by atoms with Crippen LogP contribution < -0.4 is 25.1 Å². The lowest BCUT2D eigenvalue weighted by atomic mass is 10.1. The summed E-state index contributed by atoms with van der Waals surface area (Å²) in [6.07, 6.45) is 2.95. The standard InChI is InChI=1S/C36H34BrClN4O5/c1-5-42(6-2)27-17-13-24(14-18-27)20-31(40-34(43)28-9-7-8-10-30(28)38)35(44)41-39-22-25-19-29(37)33(32(21-25)46-4)47-36(45)26-15-11-23(3)12-16-26/h7-22H,5-6H2,1-4H3,(H,40,43)(H,41,44)/b31-20+,39-22+. The minimum Gasteiger partial charge on any atom is -0.493 e. The molecule has 0 saturated carbocycles. The Bertz CT molecular complexity index is 1800. The highest BCUT2D eigenvalue weighted by atomic mass is 79.9. The van der Waals surface area contributed by atoms with Gasteiger partial charge in [0.2, 0.25) is 0 Å². The monoisotopic (exact) mass is 716 g/mol. The zero-order chi connectivity index (χ0) is 33.9. The van der Waals surface area contributed by atoms with E-state index in [4.69, 9.17) is 21.1 Å². The lowest BCUT2D eigenvalue weighted by molar-refractivity contribution is -0.117. The molecule has 4 aromatic rings. The summed E-state index contributed by atoms with van der Waals surface area (Å²) in [4.78, 5) is 41.3. The smallest absolute Gasteiger partial charge is 0.343 e. The number of hydrogen-bond acceptors (Lipinski definition) is 7. The molecule has 0 saturated heterocycles. The summed E-state index contributed by atoms with van der Waals surface area (Å²) >= 11 is 9.66. The number of ether oxygens (including phenoxy) is 2. The molecule has 2 amide bonds. The molecule has 0 aliphatic rings. The van der Waals surface area contributed by atoms with Crippen LogP contribution in [-0.2, 0) is 4.79 Å². The second kappa shape index (κ2) is 16.6. The van der Waals surface area contributed by atoms with Gasteiger partial charge >= 0.3 is 5.97 Å². The molecule has 0 atom stereocenters. The van der Waals surface area contributed by atoms with Crippen molar-refractivity contribution in [1.82, 2.24) is 10.7 Å². The lowest BCUT2D eigenvalue weighted by Crippen LogP contribution is -2.33. The highest BCUT2D eigenvalue weighted by Gasteiger charge is 2.18. The molecule has 242 valence electrons. The zero-order valence-electron chi connectivity index (χ0n) is 26.3. The van der Waals surface area contributed by atoms with Gasteiger partial charge in [-0.05, 0) is 102 Å². The molecule has 47 heavy (non-hydrogen) atoms. The third-order valence-corrected chi connectivity index (χ3v) is 7.98. The van der Waals surface area contributed by atoms with Crippen molar-refractivity contribution in [2.45, 2.75) is 20.8 Å². The molecular weight excluding hydrogens is 684 g/mol. The number of hydrogen-bond donors (Lipinski definition) is 2. The number of nitrogens with zero attached hydrogens (tertiary/aromatic N) is 2. The maximum Gasteiger partial charge on any atom is 0.343 e. The number of anilines is 1. The van der Waals surface area contributed by atoms with Crippen LogP contribution >= 0.6 is 27.5 Å². The van der Waals surface area contributed by atoms with E-state index < -0.39 is 17.8 Å². The molecule has 11 heteroatoms. The second-order valence-electron chi connectivity index (χ2n) is 10.2. The number of nitrogens with one attached hydrogen (secondary N) is 2. The first kappa shape index (κ1) is 34.9. The third kappa shape index (κ3) is 9.31. The molecule has 0 spiro atoms. The van der Waals surface area contributed by atoms with Gasteiger partial charge in [0.25, 0.3) is 11.8 Å². The van der Waals surface area contributed by atoms with Crippen molar-refractivity contribution in [3.8, 4) is 11.5 Å². The van der Waals surface area contributed by atoms with E-state index in [9.17, 15) is 14.4 Å². The molecule has 2 N–H and O–H groups in total. The molecule has 0 heterocycles. The lowest BCUT2D eigenvalue weighted by Gasteiger charge is -2.21. The van der Waals surface area contributed by atoms with E-state index in [1.807, 2.05) is 43.3 Å². The fraction of sp³-hybridized carbons (Fsp3) is 0.167. The van der Waals surface area contributed by atoms with Crippen LogP contribution in [0.15, 0.2) is 100 Å². The maximum absolute atomic E-state index is 13.3. The van der Waals surface area contributed by atoms with Gasteiger partial charge in [-0.2, -0.15) is 5.10 Å². The summed E-state index contributed by atoms with van der Waals surface area (Å²) in [6, 6.07) is 24.5. The predicted octanol–water partition coefficient (Wildman–Crippen LogP) is 7.41. The summed E-state index contributed by atoms with van der Waals surface area (Å²) in [5.74, 6) is -1.29. The van der Waals surface area contributed by atoms with Gasteiger partial charge in [0, 0.05) is 18.8 Å². The minimum atomic E-state index is -0.663. The van der Waals surface area contributed by atoms with Crippen LogP contribution in [0.25, 0.3) is 6.08 Å². The van der Waals surface area contributed by atoms with Crippen LogP contribution in [-0.4, -0.2) is 44.2 Å². The first-order valence-corrected chi connectivity index (χ1v) is 15.9. The first-order chi connectivity index (χ1) is 22.6. The number of halogens is 2. The maximum atomic E-state index is 13.3. The summed E-state index contributed by atoms with van der Waals surface area (Å²) in [6.45, 7) is 7.80. The van der Waals surface area contributed by atoms with E-state index in [0.717, 1.165) is 24.3 Å². The van der Waals surface area contributed by atoms with Gasteiger partial charge in [0.05, 0.1) is 33.9 Å². The molecule has 9 nitrogen and oxygen atoms in total. The Morgan fingerprint density at radius 3 is 2.26 bits per heavy atom. The van der Waals surface area contributed by atoms with Gasteiger partial charge in [-0.15, -0.1) is 0 Å². The quantitative estimate of drug-likeness (QED) is 0.0520. The molecule has 0 fully saturated rings. The molecule has 0 radical (unpaired) electrons. The molecule has 0 aliphatic carbocycles. The molecule has 0 aromatic heterocycles. The Morgan fingerprint density at radius 1 is 0.936 bits per heavy atom. The average Bonchev–Trinajstić information content (AvgIpc) is 3.07. The summed E-state index contributed by atoms with van der Waals surface area (Å²) in [7, 11) is 1.45. The number of hydrazone groups is 1. The van der Waals surface area contributed by atoms with Crippen molar-refractivity contribution in [1.29, 1.82) is 0 Å². The number of methoxy groups -OCH3 is 1. The summed E-state index contributed by atoms with van der Waals surface area (Å²) in [5, 5.41) is 7.01. The van der Waals surface area contributed by atoms with Gasteiger partial charge in [0.15, 0.2) is 11.5 Å². The zero-order valence-corrected chi connectivity index (χ0v) is 28.7. The highest BCUT2D eigenvalue weighted by Crippen LogP contribution is 2.37. The molecule has 0 unspecified atom stereocenters. The number of benzene rings is 4. The largest absolute Gasteiger partial charge is 0.493 e. The van der Waals surface area contributed by atoms with Crippen LogP contribution in [0.5, 0.6) is 11.5 Å². The van der Waals surface area contributed by atoms with Crippen LogP contribution in [0.4, 0.5) is 5.69 Å². The number of amides is 2. The number of carbonyl (C=O) groups is 3. The van der Waals surface area contributed by atoms with Gasteiger partial charge < -0.3 is 19.7 Å². The number of esters is 1.